The highest BCUT2D eigenvalue weighted by atomic mass is 19.1. The highest BCUT2D eigenvalue weighted by Gasteiger charge is 2.34. The van der Waals surface area contributed by atoms with Gasteiger partial charge in [-0.25, -0.2) is 8.78 Å². The molecule has 1 aromatic carbocycles. The Morgan fingerprint density at radius 1 is 1.18 bits per heavy atom. The Labute approximate surface area is 167 Å². The summed E-state index contributed by atoms with van der Waals surface area (Å²) in [5, 5.41) is 0. The van der Waals surface area contributed by atoms with Crippen LogP contribution in [-0.2, 0) is 9.53 Å². The van der Waals surface area contributed by atoms with Crippen molar-refractivity contribution in [3.63, 3.8) is 0 Å². The van der Waals surface area contributed by atoms with Gasteiger partial charge in [-0.2, -0.15) is 0 Å². The molecule has 0 saturated heterocycles. The lowest BCUT2D eigenvalue weighted by Crippen LogP contribution is -2.23. The summed E-state index contributed by atoms with van der Waals surface area (Å²) in [5.41, 5.74) is 5.85. The van der Waals surface area contributed by atoms with Crippen LogP contribution in [0.1, 0.15) is 71.3 Å². The van der Waals surface area contributed by atoms with Crippen LogP contribution in [0.15, 0.2) is 23.8 Å². The predicted molar refractivity (Wildman–Crippen MR) is 109 cm³/mol. The summed E-state index contributed by atoms with van der Waals surface area (Å²) in [6.45, 7) is 6.45. The number of hydrogen-bond acceptors (Lipinski definition) is 3. The van der Waals surface area contributed by atoms with E-state index in [1.165, 1.54) is 6.07 Å². The Morgan fingerprint density at radius 3 is 2.32 bits per heavy atom. The molecule has 3 nitrogen and oxygen atoms in total. The van der Waals surface area contributed by atoms with Crippen LogP contribution in [0.5, 0.6) is 0 Å². The first-order valence-electron chi connectivity index (χ1n) is 10.5. The Hall–Kier alpha value is -1.75. The Bertz CT molecular complexity index is 678. The minimum atomic E-state index is -0.764. The third kappa shape index (κ3) is 6.13. The topological polar surface area (TPSA) is 52.3 Å². The Kier molecular flexibility index (Phi) is 8.61. The van der Waals surface area contributed by atoms with Crippen molar-refractivity contribution in [3.8, 4) is 0 Å². The molecule has 0 heterocycles. The number of carbonyl (C=O) groups excluding carboxylic acids is 1. The molecule has 2 N–H and O–H groups in total. The lowest BCUT2D eigenvalue weighted by molar-refractivity contribution is -0.117. The SMILES string of the molecule is CCCC(C)CC(CCC)OCC(C(=O)C1CC1)=C(N)c1c(F)cccc1F. The molecule has 1 aliphatic carbocycles. The van der Waals surface area contributed by atoms with Gasteiger partial charge in [0.25, 0.3) is 0 Å². The quantitative estimate of drug-likeness (QED) is 0.469. The molecule has 28 heavy (non-hydrogen) atoms. The lowest BCUT2D eigenvalue weighted by Gasteiger charge is -2.22. The van der Waals surface area contributed by atoms with Crippen molar-refractivity contribution in [2.75, 3.05) is 6.61 Å². The maximum atomic E-state index is 14.2. The number of Topliss-reactive ketones (excluding diaryl/α,β-unsaturated/α-hetero) is 1. The van der Waals surface area contributed by atoms with E-state index in [1.807, 2.05) is 0 Å². The molecule has 2 unspecified atom stereocenters. The van der Waals surface area contributed by atoms with Gasteiger partial charge in [0.05, 0.1) is 24.0 Å². The maximum absolute atomic E-state index is 14.2. The van der Waals surface area contributed by atoms with Crippen molar-refractivity contribution in [1.82, 2.24) is 0 Å². The predicted octanol–water partition coefficient (Wildman–Crippen LogP) is 5.63. The summed E-state index contributed by atoms with van der Waals surface area (Å²) in [6, 6.07) is 3.59. The van der Waals surface area contributed by atoms with E-state index in [2.05, 4.69) is 20.8 Å². The van der Waals surface area contributed by atoms with E-state index in [0.717, 1.165) is 57.1 Å². The van der Waals surface area contributed by atoms with Gasteiger partial charge in [0.2, 0.25) is 0 Å². The van der Waals surface area contributed by atoms with Crippen LogP contribution in [-0.4, -0.2) is 18.5 Å². The minimum absolute atomic E-state index is 0.00154. The number of ether oxygens (including phenoxy) is 1. The molecule has 0 aromatic heterocycles. The summed E-state index contributed by atoms with van der Waals surface area (Å²) in [5.74, 6) is -1.25. The van der Waals surface area contributed by atoms with Crippen molar-refractivity contribution in [2.24, 2.45) is 17.6 Å². The van der Waals surface area contributed by atoms with Crippen LogP contribution >= 0.6 is 0 Å². The van der Waals surface area contributed by atoms with Gasteiger partial charge in [-0.3, -0.25) is 4.79 Å². The van der Waals surface area contributed by atoms with Crippen molar-refractivity contribution >= 4 is 11.5 Å². The third-order valence-corrected chi connectivity index (χ3v) is 5.32. The first-order chi connectivity index (χ1) is 13.4. The van der Waals surface area contributed by atoms with Crippen LogP contribution in [0.3, 0.4) is 0 Å². The summed E-state index contributed by atoms with van der Waals surface area (Å²) < 4.78 is 34.5. The fourth-order valence-electron chi connectivity index (χ4n) is 3.63. The van der Waals surface area contributed by atoms with Crippen molar-refractivity contribution in [3.05, 3.63) is 41.0 Å². The lowest BCUT2D eigenvalue weighted by atomic mass is 9.96. The average Bonchev–Trinajstić information content (AvgIpc) is 3.47. The van der Waals surface area contributed by atoms with E-state index in [0.29, 0.717) is 5.92 Å². The number of ketones is 1. The van der Waals surface area contributed by atoms with E-state index in [4.69, 9.17) is 10.5 Å². The van der Waals surface area contributed by atoms with E-state index < -0.39 is 11.6 Å². The Morgan fingerprint density at radius 2 is 1.79 bits per heavy atom. The molecule has 1 aliphatic rings. The fraction of sp³-hybridized carbons (Fsp3) is 0.609. The fourth-order valence-corrected chi connectivity index (χ4v) is 3.63. The molecule has 5 heteroatoms. The number of benzene rings is 1. The number of halogens is 2. The molecule has 156 valence electrons. The first-order valence-corrected chi connectivity index (χ1v) is 10.5. The summed E-state index contributed by atoms with van der Waals surface area (Å²) in [7, 11) is 0. The number of carbonyl (C=O) groups is 1. The smallest absolute Gasteiger partial charge is 0.166 e. The first kappa shape index (κ1) is 22.5. The Balaban J connectivity index is 2.24. The van der Waals surface area contributed by atoms with Gasteiger partial charge >= 0.3 is 0 Å². The zero-order valence-electron chi connectivity index (χ0n) is 17.3. The summed E-state index contributed by atoms with van der Waals surface area (Å²) >= 11 is 0. The van der Waals surface area contributed by atoms with Crippen LogP contribution < -0.4 is 5.73 Å². The van der Waals surface area contributed by atoms with Crippen LogP contribution in [0, 0.1) is 23.5 Å². The van der Waals surface area contributed by atoms with Gasteiger partial charge in [-0.05, 0) is 43.7 Å². The molecule has 0 amide bonds. The van der Waals surface area contributed by atoms with Crippen LogP contribution in [0.25, 0.3) is 5.70 Å². The van der Waals surface area contributed by atoms with Gasteiger partial charge in [0, 0.05) is 11.5 Å². The van der Waals surface area contributed by atoms with E-state index in [1.54, 1.807) is 0 Å². The number of nitrogens with two attached hydrogens (primary N) is 1. The molecule has 0 bridgehead atoms. The molecule has 0 aliphatic heterocycles. The zero-order chi connectivity index (χ0) is 20.7. The third-order valence-electron chi connectivity index (χ3n) is 5.32. The van der Waals surface area contributed by atoms with Crippen LogP contribution in [0.2, 0.25) is 0 Å². The highest BCUT2D eigenvalue weighted by molar-refractivity contribution is 6.04. The van der Waals surface area contributed by atoms with Gasteiger partial charge in [0.15, 0.2) is 5.78 Å². The molecule has 0 spiro atoms. The molecule has 2 rings (SSSR count). The molecular weight excluding hydrogens is 360 g/mol. The second-order valence-electron chi connectivity index (χ2n) is 7.98. The highest BCUT2D eigenvalue weighted by Crippen LogP contribution is 2.34. The standard InChI is InChI=1S/C23H33F2NO2/c1-4-7-15(3)13-17(8-5-2)28-14-18(23(27)16-11-12-16)22(26)21-19(24)9-6-10-20(21)25/h6,9-10,15-17H,4-5,7-8,11-14,26H2,1-3H3. The second-order valence-corrected chi connectivity index (χ2v) is 7.98. The van der Waals surface area contributed by atoms with E-state index >= 15 is 0 Å². The normalized spacial score (nSPS) is 17.2. The van der Waals surface area contributed by atoms with Gasteiger partial charge < -0.3 is 10.5 Å². The van der Waals surface area contributed by atoms with Crippen molar-refractivity contribution in [1.29, 1.82) is 0 Å². The molecule has 1 saturated carbocycles. The molecule has 1 fully saturated rings. The van der Waals surface area contributed by atoms with Crippen molar-refractivity contribution in [2.45, 2.75) is 71.8 Å². The largest absolute Gasteiger partial charge is 0.398 e. The number of rotatable bonds is 12. The zero-order valence-corrected chi connectivity index (χ0v) is 17.3. The average molecular weight is 394 g/mol. The van der Waals surface area contributed by atoms with Crippen molar-refractivity contribution < 1.29 is 18.3 Å². The second kappa shape index (κ2) is 10.7. The van der Waals surface area contributed by atoms with Gasteiger partial charge in [-0.15, -0.1) is 0 Å². The molecule has 0 radical (unpaired) electrons. The summed E-state index contributed by atoms with van der Waals surface area (Å²) in [6.07, 6.45) is 6.58. The molecule has 2 atom stereocenters. The summed E-state index contributed by atoms with van der Waals surface area (Å²) in [4.78, 5) is 12.8. The monoisotopic (exact) mass is 393 g/mol. The molecular formula is C23H33F2NO2. The van der Waals surface area contributed by atoms with Gasteiger partial charge in [-0.1, -0.05) is 46.1 Å². The van der Waals surface area contributed by atoms with E-state index in [-0.39, 0.29) is 41.2 Å². The number of hydrogen-bond donors (Lipinski definition) is 1. The van der Waals surface area contributed by atoms with Gasteiger partial charge in [0.1, 0.15) is 11.6 Å². The van der Waals surface area contributed by atoms with E-state index in [9.17, 15) is 13.6 Å². The minimum Gasteiger partial charge on any atom is -0.398 e. The molecule has 1 aromatic rings. The maximum Gasteiger partial charge on any atom is 0.166 e. The van der Waals surface area contributed by atoms with Crippen LogP contribution in [0.4, 0.5) is 8.78 Å².